The van der Waals surface area contributed by atoms with Crippen molar-refractivity contribution in [2.24, 2.45) is 0 Å². The number of aryl methyl sites for hydroxylation is 1. The van der Waals surface area contributed by atoms with Gasteiger partial charge in [-0.2, -0.15) is 0 Å². The average Bonchev–Trinajstić information content (AvgIpc) is 2.35. The molecule has 0 fully saturated rings. The first-order chi connectivity index (χ1) is 8.56. The molecule has 18 heavy (non-hydrogen) atoms. The molecule has 0 atom stereocenters. The highest BCUT2D eigenvalue weighted by atomic mass is 79.9. The zero-order chi connectivity index (χ0) is 13.1. The van der Waals surface area contributed by atoms with E-state index in [-0.39, 0.29) is 0 Å². The van der Waals surface area contributed by atoms with E-state index < -0.39 is 0 Å². The number of halogens is 3. The fraction of sp³-hybridized carbons (Fsp3) is 0.154. The lowest BCUT2D eigenvalue weighted by Gasteiger charge is -2.08. The summed E-state index contributed by atoms with van der Waals surface area (Å²) < 4.78 is 1.79. The van der Waals surface area contributed by atoms with Gasteiger partial charge in [0.2, 0.25) is 0 Å². The molecule has 1 heterocycles. The Morgan fingerprint density at radius 2 is 2.06 bits per heavy atom. The summed E-state index contributed by atoms with van der Waals surface area (Å²) in [4.78, 5) is 4.24. The van der Waals surface area contributed by atoms with Gasteiger partial charge in [0.25, 0.3) is 0 Å². The van der Waals surface area contributed by atoms with Crippen LogP contribution in [0.15, 0.2) is 39.5 Å². The normalized spacial score (nSPS) is 10.4. The Balaban J connectivity index is 2.06. The monoisotopic (exact) mass is 388 g/mol. The third-order valence-corrected chi connectivity index (χ3v) is 4.56. The molecule has 2 aromatic rings. The molecule has 0 bridgehead atoms. The number of hydrogen-bond acceptors (Lipinski definition) is 2. The van der Waals surface area contributed by atoms with Crippen LogP contribution in [0.1, 0.15) is 11.1 Å². The fourth-order valence-electron chi connectivity index (χ4n) is 1.51. The van der Waals surface area contributed by atoms with E-state index in [0.717, 1.165) is 37.5 Å². The first-order valence-corrected chi connectivity index (χ1v) is 7.32. The zero-order valence-electron chi connectivity index (χ0n) is 9.67. The van der Waals surface area contributed by atoms with Crippen LogP contribution in [0, 0.1) is 6.92 Å². The number of rotatable bonds is 3. The van der Waals surface area contributed by atoms with Gasteiger partial charge in [-0.15, -0.1) is 0 Å². The van der Waals surface area contributed by atoms with Gasteiger partial charge >= 0.3 is 0 Å². The molecule has 2 nitrogen and oxygen atoms in total. The summed E-state index contributed by atoms with van der Waals surface area (Å²) >= 11 is 12.8. The van der Waals surface area contributed by atoms with E-state index in [1.165, 1.54) is 0 Å². The summed E-state index contributed by atoms with van der Waals surface area (Å²) in [7, 11) is 0. The predicted octanol–water partition coefficient (Wildman–Crippen LogP) is 5.18. The maximum Gasteiger partial charge on any atom is 0.109 e. The Hall–Kier alpha value is -0.580. The van der Waals surface area contributed by atoms with Gasteiger partial charge in [0.1, 0.15) is 4.60 Å². The van der Waals surface area contributed by atoms with Gasteiger partial charge in [-0.1, -0.05) is 17.7 Å². The third-order valence-electron chi connectivity index (χ3n) is 2.50. The summed E-state index contributed by atoms with van der Waals surface area (Å²) in [6.45, 7) is 2.73. The van der Waals surface area contributed by atoms with Crippen molar-refractivity contribution in [3.63, 3.8) is 0 Å². The summed E-state index contributed by atoms with van der Waals surface area (Å²) in [5, 5.41) is 4.04. The molecule has 0 aliphatic carbocycles. The molecule has 0 radical (unpaired) electrons. The van der Waals surface area contributed by atoms with Crippen molar-refractivity contribution >= 4 is 49.1 Å². The quantitative estimate of drug-likeness (QED) is 0.731. The summed E-state index contributed by atoms with van der Waals surface area (Å²) in [6, 6.07) is 7.97. The van der Waals surface area contributed by atoms with Crippen LogP contribution in [0.4, 0.5) is 5.69 Å². The third kappa shape index (κ3) is 3.46. The van der Waals surface area contributed by atoms with Crippen LogP contribution in [0.5, 0.6) is 0 Å². The molecule has 2 rings (SSSR count). The standard InChI is InChI=1S/C13H11Br2ClN2/c1-8-4-10(7-18-13(8)15)17-6-9-2-3-11(14)12(16)5-9/h2-5,7,17H,6H2,1H3. The second-order valence-corrected chi connectivity index (χ2v) is 5.95. The van der Waals surface area contributed by atoms with Gasteiger partial charge in [-0.05, 0) is 68.1 Å². The molecule has 0 saturated carbocycles. The second kappa shape index (κ2) is 6.04. The lowest BCUT2D eigenvalue weighted by Crippen LogP contribution is -2.00. The minimum atomic E-state index is 0.718. The van der Waals surface area contributed by atoms with Crippen molar-refractivity contribution in [2.75, 3.05) is 5.32 Å². The maximum atomic E-state index is 6.05. The lowest BCUT2D eigenvalue weighted by molar-refractivity contribution is 1.12. The SMILES string of the molecule is Cc1cc(NCc2ccc(Br)c(Cl)c2)cnc1Br. The Labute approximate surface area is 128 Å². The van der Waals surface area contributed by atoms with Crippen molar-refractivity contribution in [1.29, 1.82) is 0 Å². The first kappa shape index (κ1) is 13.8. The predicted molar refractivity (Wildman–Crippen MR) is 83.2 cm³/mol. The Morgan fingerprint density at radius 3 is 2.72 bits per heavy atom. The molecule has 1 aromatic heterocycles. The van der Waals surface area contributed by atoms with E-state index in [0.29, 0.717) is 0 Å². The molecule has 94 valence electrons. The van der Waals surface area contributed by atoms with Crippen molar-refractivity contribution in [3.8, 4) is 0 Å². The first-order valence-electron chi connectivity index (χ1n) is 5.36. The van der Waals surface area contributed by atoms with Crippen LogP contribution in [-0.4, -0.2) is 4.98 Å². The van der Waals surface area contributed by atoms with Gasteiger partial charge in [-0.3, -0.25) is 0 Å². The molecular weight excluding hydrogens is 379 g/mol. The van der Waals surface area contributed by atoms with E-state index in [4.69, 9.17) is 11.6 Å². The van der Waals surface area contributed by atoms with E-state index in [9.17, 15) is 0 Å². The number of aromatic nitrogens is 1. The van der Waals surface area contributed by atoms with Crippen molar-refractivity contribution in [1.82, 2.24) is 4.98 Å². The minimum Gasteiger partial charge on any atom is -0.380 e. The molecule has 1 aromatic carbocycles. The van der Waals surface area contributed by atoms with Crippen molar-refractivity contribution in [3.05, 3.63) is 55.7 Å². The fourth-order valence-corrected chi connectivity index (χ4v) is 2.18. The lowest BCUT2D eigenvalue weighted by atomic mass is 10.2. The van der Waals surface area contributed by atoms with E-state index >= 15 is 0 Å². The van der Waals surface area contributed by atoms with Crippen LogP contribution in [0.2, 0.25) is 5.02 Å². The van der Waals surface area contributed by atoms with Gasteiger partial charge in [-0.25, -0.2) is 4.98 Å². The van der Waals surface area contributed by atoms with Gasteiger partial charge in [0.15, 0.2) is 0 Å². The van der Waals surface area contributed by atoms with Gasteiger partial charge < -0.3 is 5.32 Å². The highest BCUT2D eigenvalue weighted by Crippen LogP contribution is 2.24. The van der Waals surface area contributed by atoms with Crippen molar-refractivity contribution in [2.45, 2.75) is 13.5 Å². The molecular formula is C13H11Br2ClN2. The highest BCUT2D eigenvalue weighted by molar-refractivity contribution is 9.10. The van der Waals surface area contributed by atoms with Gasteiger partial charge in [0, 0.05) is 11.0 Å². The minimum absolute atomic E-state index is 0.718. The molecule has 5 heteroatoms. The summed E-state index contributed by atoms with van der Waals surface area (Å²) in [6.07, 6.45) is 1.80. The molecule has 0 aliphatic rings. The van der Waals surface area contributed by atoms with Gasteiger partial charge in [0.05, 0.1) is 16.9 Å². The Morgan fingerprint density at radius 1 is 1.28 bits per heavy atom. The average molecular weight is 391 g/mol. The number of anilines is 1. The molecule has 0 unspecified atom stereocenters. The number of nitrogens with zero attached hydrogens (tertiary/aromatic N) is 1. The molecule has 0 spiro atoms. The summed E-state index contributed by atoms with van der Waals surface area (Å²) in [5.74, 6) is 0. The molecule has 0 aliphatic heterocycles. The Kier molecular flexibility index (Phi) is 4.65. The molecule has 0 saturated heterocycles. The number of benzene rings is 1. The highest BCUT2D eigenvalue weighted by Gasteiger charge is 2.01. The second-order valence-electron chi connectivity index (χ2n) is 3.93. The number of nitrogens with one attached hydrogen (secondary N) is 1. The molecule has 0 amide bonds. The van der Waals surface area contributed by atoms with E-state index in [1.54, 1.807) is 6.20 Å². The number of hydrogen-bond donors (Lipinski definition) is 1. The van der Waals surface area contributed by atoms with Crippen LogP contribution in [0.25, 0.3) is 0 Å². The van der Waals surface area contributed by atoms with Crippen LogP contribution in [-0.2, 0) is 6.54 Å². The van der Waals surface area contributed by atoms with E-state index in [1.807, 2.05) is 25.1 Å². The van der Waals surface area contributed by atoms with Crippen LogP contribution >= 0.6 is 43.5 Å². The maximum absolute atomic E-state index is 6.05. The Bertz CT molecular complexity index is 521. The zero-order valence-corrected chi connectivity index (χ0v) is 13.6. The summed E-state index contributed by atoms with van der Waals surface area (Å²) in [5.41, 5.74) is 3.23. The van der Waals surface area contributed by atoms with E-state index in [2.05, 4.69) is 48.2 Å². The smallest absolute Gasteiger partial charge is 0.109 e. The van der Waals surface area contributed by atoms with Crippen LogP contribution in [0.3, 0.4) is 0 Å². The van der Waals surface area contributed by atoms with Crippen molar-refractivity contribution < 1.29 is 0 Å². The topological polar surface area (TPSA) is 24.9 Å². The molecule has 1 N–H and O–H groups in total. The number of pyridine rings is 1. The van der Waals surface area contributed by atoms with Crippen LogP contribution < -0.4 is 5.32 Å². The largest absolute Gasteiger partial charge is 0.380 e.